The third-order valence-electron chi connectivity index (χ3n) is 3.47. The van der Waals surface area contributed by atoms with Gasteiger partial charge in [0.25, 0.3) is 5.56 Å². The van der Waals surface area contributed by atoms with E-state index >= 15 is 0 Å². The number of ether oxygens (including phenoxy) is 1. The first-order chi connectivity index (χ1) is 9.72. The Balaban J connectivity index is 2.61. The lowest BCUT2D eigenvalue weighted by Gasteiger charge is -2.29. The summed E-state index contributed by atoms with van der Waals surface area (Å²) in [6.07, 6.45) is -3.52. The Labute approximate surface area is 116 Å². The molecule has 0 aliphatic carbocycles. The van der Waals surface area contributed by atoms with Gasteiger partial charge in [0.15, 0.2) is 5.72 Å². The quantitative estimate of drug-likeness (QED) is 0.395. The van der Waals surface area contributed by atoms with Gasteiger partial charge in [-0.15, -0.1) is 0 Å². The summed E-state index contributed by atoms with van der Waals surface area (Å²) in [5.41, 5.74) is -4.68. The zero-order valence-electron chi connectivity index (χ0n) is 10.9. The summed E-state index contributed by atoms with van der Waals surface area (Å²) in [7, 11) is 0. The molecular formula is C11H14N2O8. The molecule has 10 heteroatoms. The van der Waals surface area contributed by atoms with E-state index in [1.807, 2.05) is 0 Å². The van der Waals surface area contributed by atoms with Crippen molar-refractivity contribution in [1.29, 1.82) is 0 Å². The standard InChI is InChI=1S/C11H14N2O8/c1-11(7(16)6(15)5(3-14)21-11)13-2-4(9(18)19)8(17)12-10(13)20/h2,5-7,14-16H,3H2,1H3,(H,18,19)(H,12,17,20)/t5-,6-,7-,11-/m1/s1. The van der Waals surface area contributed by atoms with Gasteiger partial charge in [0, 0.05) is 6.20 Å². The molecule has 2 rings (SSSR count). The van der Waals surface area contributed by atoms with Gasteiger partial charge in [-0.25, -0.2) is 9.59 Å². The Morgan fingerprint density at radius 3 is 2.57 bits per heavy atom. The summed E-state index contributed by atoms with van der Waals surface area (Å²) in [6, 6.07) is 0. The molecule has 1 aliphatic rings. The molecule has 0 radical (unpaired) electrons. The zero-order valence-corrected chi connectivity index (χ0v) is 10.9. The molecule has 0 bridgehead atoms. The van der Waals surface area contributed by atoms with Crippen LogP contribution in [0.1, 0.15) is 17.3 Å². The molecule has 0 unspecified atom stereocenters. The average molecular weight is 302 g/mol. The van der Waals surface area contributed by atoms with E-state index in [4.69, 9.17) is 14.9 Å². The van der Waals surface area contributed by atoms with Crippen LogP contribution >= 0.6 is 0 Å². The summed E-state index contributed by atoms with van der Waals surface area (Å²) >= 11 is 0. The fraction of sp³-hybridized carbons (Fsp3) is 0.545. The van der Waals surface area contributed by atoms with Crippen molar-refractivity contribution in [3.8, 4) is 0 Å². The van der Waals surface area contributed by atoms with Gasteiger partial charge in [0.2, 0.25) is 0 Å². The van der Waals surface area contributed by atoms with Gasteiger partial charge in [-0.05, 0) is 6.92 Å². The average Bonchev–Trinajstić information content (AvgIpc) is 2.63. The van der Waals surface area contributed by atoms with Crippen molar-refractivity contribution >= 4 is 5.97 Å². The molecule has 0 amide bonds. The van der Waals surface area contributed by atoms with Gasteiger partial charge in [-0.3, -0.25) is 14.3 Å². The molecule has 1 aromatic heterocycles. The minimum Gasteiger partial charge on any atom is -0.477 e. The first kappa shape index (κ1) is 15.4. The predicted molar refractivity (Wildman–Crippen MR) is 65.9 cm³/mol. The van der Waals surface area contributed by atoms with E-state index in [0.29, 0.717) is 4.57 Å². The molecule has 21 heavy (non-hydrogen) atoms. The van der Waals surface area contributed by atoms with Crippen LogP contribution in [-0.4, -0.2) is 60.9 Å². The van der Waals surface area contributed by atoms with Crippen molar-refractivity contribution < 1.29 is 30.0 Å². The van der Waals surface area contributed by atoms with E-state index in [2.05, 4.69) is 0 Å². The van der Waals surface area contributed by atoms with Crippen LogP contribution in [0.5, 0.6) is 0 Å². The Bertz CT molecular complexity index is 680. The third kappa shape index (κ3) is 2.27. The Morgan fingerprint density at radius 1 is 1.48 bits per heavy atom. The number of carboxylic acids is 1. The molecule has 1 fully saturated rings. The molecule has 4 atom stereocenters. The highest BCUT2D eigenvalue weighted by atomic mass is 16.6. The lowest BCUT2D eigenvalue weighted by Crippen LogP contribution is -2.50. The van der Waals surface area contributed by atoms with Crippen molar-refractivity contribution in [3.63, 3.8) is 0 Å². The van der Waals surface area contributed by atoms with Crippen LogP contribution in [0.4, 0.5) is 0 Å². The maximum Gasteiger partial charge on any atom is 0.342 e. The minimum atomic E-state index is -1.84. The molecular weight excluding hydrogens is 288 g/mol. The number of aliphatic hydroxyl groups excluding tert-OH is 3. The van der Waals surface area contributed by atoms with Crippen LogP contribution in [0, 0.1) is 0 Å². The molecule has 0 aromatic carbocycles. The highest BCUT2D eigenvalue weighted by Gasteiger charge is 2.52. The van der Waals surface area contributed by atoms with Crippen LogP contribution in [0.2, 0.25) is 0 Å². The monoisotopic (exact) mass is 302 g/mol. The van der Waals surface area contributed by atoms with Crippen LogP contribution in [0.15, 0.2) is 15.8 Å². The lowest BCUT2D eigenvalue weighted by molar-refractivity contribution is -0.137. The third-order valence-corrected chi connectivity index (χ3v) is 3.47. The van der Waals surface area contributed by atoms with Crippen LogP contribution in [-0.2, 0) is 10.5 Å². The fourth-order valence-corrected chi connectivity index (χ4v) is 2.26. The van der Waals surface area contributed by atoms with Gasteiger partial charge < -0.3 is 25.2 Å². The number of H-pyrrole nitrogens is 1. The Kier molecular flexibility index (Phi) is 3.72. The zero-order chi connectivity index (χ0) is 15.9. The fourth-order valence-electron chi connectivity index (χ4n) is 2.26. The first-order valence-corrected chi connectivity index (χ1v) is 5.97. The minimum absolute atomic E-state index is 0.613. The van der Waals surface area contributed by atoms with Crippen molar-refractivity contribution in [3.05, 3.63) is 32.6 Å². The maximum atomic E-state index is 11.8. The van der Waals surface area contributed by atoms with Gasteiger partial charge in [0.05, 0.1) is 6.61 Å². The normalized spacial score (nSPS) is 32.3. The topological polar surface area (TPSA) is 162 Å². The number of carbonyl (C=O) groups is 1. The van der Waals surface area contributed by atoms with Crippen molar-refractivity contribution in [2.45, 2.75) is 31.0 Å². The highest BCUT2D eigenvalue weighted by Crippen LogP contribution is 2.34. The number of carboxylic acid groups (broad SMARTS) is 1. The van der Waals surface area contributed by atoms with Gasteiger partial charge in [-0.2, -0.15) is 0 Å². The number of aromatic amines is 1. The maximum absolute atomic E-state index is 11.8. The summed E-state index contributed by atoms with van der Waals surface area (Å²) in [5, 5.41) is 37.7. The lowest BCUT2D eigenvalue weighted by atomic mass is 10.0. The number of aromatic nitrogens is 2. The van der Waals surface area contributed by atoms with E-state index in [1.54, 1.807) is 4.98 Å². The van der Waals surface area contributed by atoms with E-state index < -0.39 is 53.4 Å². The highest BCUT2D eigenvalue weighted by molar-refractivity contribution is 5.86. The second kappa shape index (κ2) is 5.07. The number of hydrogen-bond acceptors (Lipinski definition) is 7. The Hall–Kier alpha value is -2.01. The van der Waals surface area contributed by atoms with Crippen molar-refractivity contribution in [1.82, 2.24) is 9.55 Å². The largest absolute Gasteiger partial charge is 0.477 e. The summed E-state index contributed by atoms with van der Waals surface area (Å²) in [6.45, 7) is 0.611. The number of nitrogens with zero attached hydrogens (tertiary/aromatic N) is 1. The van der Waals surface area contributed by atoms with Gasteiger partial charge >= 0.3 is 11.7 Å². The van der Waals surface area contributed by atoms with E-state index in [9.17, 15) is 24.6 Å². The summed E-state index contributed by atoms with van der Waals surface area (Å²) in [4.78, 5) is 35.9. The van der Waals surface area contributed by atoms with E-state index in [-0.39, 0.29) is 0 Å². The van der Waals surface area contributed by atoms with Crippen LogP contribution in [0.3, 0.4) is 0 Å². The van der Waals surface area contributed by atoms with Crippen molar-refractivity contribution in [2.75, 3.05) is 6.61 Å². The van der Waals surface area contributed by atoms with E-state index in [0.717, 1.165) is 6.20 Å². The number of hydrogen-bond donors (Lipinski definition) is 5. The number of aromatic carboxylic acids is 1. The second-order valence-corrected chi connectivity index (χ2v) is 4.81. The van der Waals surface area contributed by atoms with Gasteiger partial charge in [-0.1, -0.05) is 0 Å². The Morgan fingerprint density at radius 2 is 2.10 bits per heavy atom. The number of nitrogens with one attached hydrogen (secondary N) is 1. The molecule has 10 nitrogen and oxygen atoms in total. The van der Waals surface area contributed by atoms with E-state index in [1.165, 1.54) is 6.92 Å². The first-order valence-electron chi connectivity index (χ1n) is 5.97. The molecule has 5 N–H and O–H groups in total. The summed E-state index contributed by atoms with van der Waals surface area (Å²) < 4.78 is 5.93. The second-order valence-electron chi connectivity index (χ2n) is 4.81. The molecule has 2 heterocycles. The molecule has 0 saturated carbocycles. The number of aliphatic hydroxyl groups is 3. The molecule has 1 aromatic rings. The van der Waals surface area contributed by atoms with Crippen molar-refractivity contribution in [2.24, 2.45) is 0 Å². The van der Waals surface area contributed by atoms with Crippen LogP contribution < -0.4 is 11.2 Å². The molecule has 116 valence electrons. The molecule has 1 saturated heterocycles. The van der Waals surface area contributed by atoms with Gasteiger partial charge in [0.1, 0.15) is 23.9 Å². The SMILES string of the molecule is C[C@@]1(n2cc(C(=O)O)c(=O)[nH]c2=O)O[C@H](CO)[C@@H](O)[C@H]1O. The predicted octanol–water partition coefficient (Wildman–Crippen LogP) is -2.98. The number of rotatable bonds is 3. The summed E-state index contributed by atoms with van der Waals surface area (Å²) in [5.74, 6) is -1.57. The smallest absolute Gasteiger partial charge is 0.342 e. The van der Waals surface area contributed by atoms with Crippen LogP contribution in [0.25, 0.3) is 0 Å². The molecule has 1 aliphatic heterocycles. The molecule has 0 spiro atoms.